The minimum atomic E-state index is -3.89. The van der Waals surface area contributed by atoms with Crippen molar-refractivity contribution >= 4 is 34.2 Å². The molecule has 4 rings (SSSR count). The second-order valence-electron chi connectivity index (χ2n) is 7.53. The van der Waals surface area contributed by atoms with Gasteiger partial charge in [0.25, 0.3) is 12.3 Å². The van der Waals surface area contributed by atoms with Gasteiger partial charge in [-0.15, -0.1) is 8.78 Å². The fraction of sp³-hybridized carbons (Fsp3) is 0.227. The summed E-state index contributed by atoms with van der Waals surface area (Å²) in [6.07, 6.45) is -1.54. The number of nitrogens with one attached hydrogen (secondary N) is 2. The molecule has 2 aromatic heterocycles. The van der Waals surface area contributed by atoms with Gasteiger partial charge in [0.05, 0.1) is 22.8 Å². The maximum atomic E-state index is 13.7. The van der Waals surface area contributed by atoms with E-state index < -0.39 is 36.4 Å². The zero-order valence-electron chi connectivity index (χ0n) is 17.9. The summed E-state index contributed by atoms with van der Waals surface area (Å²) in [5, 5.41) is 9.16. The molecule has 0 aliphatic heterocycles. The summed E-state index contributed by atoms with van der Waals surface area (Å²) < 4.78 is 71.9. The number of anilines is 1. The standard InChI is InChI=1S/C22H17ClF5N5O2/c1-11(10-24)33-18-15(16-6-7-29-32-16)8-12(9-17(18)31-20(33)19(25)26)21(34)30-13-2-4-14(5-3-13)35-22(23,27)28/h2-9,11,19H,10H2,1H3,(H,29,32)(H,30,34). The first-order chi connectivity index (χ1) is 16.6. The van der Waals surface area contributed by atoms with Crippen molar-refractivity contribution in [2.24, 2.45) is 0 Å². The number of fused-ring (bicyclic) bond motifs is 1. The smallest absolute Gasteiger partial charge is 0.420 e. The second kappa shape index (κ2) is 9.53. The summed E-state index contributed by atoms with van der Waals surface area (Å²) in [7, 11) is 0. The van der Waals surface area contributed by atoms with Gasteiger partial charge in [0.15, 0.2) is 5.82 Å². The molecule has 0 spiro atoms. The molecule has 0 aliphatic carbocycles. The normalized spacial score (nSPS) is 12.8. The van der Waals surface area contributed by atoms with Crippen molar-refractivity contribution in [1.29, 1.82) is 0 Å². The van der Waals surface area contributed by atoms with Crippen molar-refractivity contribution in [1.82, 2.24) is 19.7 Å². The van der Waals surface area contributed by atoms with E-state index in [9.17, 15) is 26.7 Å². The Kier molecular flexibility index (Phi) is 6.66. The zero-order valence-corrected chi connectivity index (χ0v) is 18.7. The summed E-state index contributed by atoms with van der Waals surface area (Å²) in [4.78, 5) is 16.9. The largest absolute Gasteiger partial charge is 0.487 e. The lowest BCUT2D eigenvalue weighted by Gasteiger charge is -2.16. The van der Waals surface area contributed by atoms with Crippen LogP contribution in [0.25, 0.3) is 22.3 Å². The molecule has 4 aromatic rings. The molecule has 1 atom stereocenters. The van der Waals surface area contributed by atoms with Crippen LogP contribution in [0.3, 0.4) is 0 Å². The van der Waals surface area contributed by atoms with E-state index >= 15 is 0 Å². The molecular weight excluding hydrogens is 497 g/mol. The number of alkyl halides is 6. The number of nitrogens with zero attached hydrogens (tertiary/aromatic N) is 3. The Bertz CT molecular complexity index is 1340. The first-order valence-electron chi connectivity index (χ1n) is 10.1. The monoisotopic (exact) mass is 513 g/mol. The van der Waals surface area contributed by atoms with Crippen molar-refractivity contribution in [3.8, 4) is 17.0 Å². The number of halogens is 6. The maximum absolute atomic E-state index is 13.7. The third-order valence-corrected chi connectivity index (χ3v) is 5.15. The SMILES string of the molecule is CC(CF)n1c(C(F)F)nc2cc(C(=O)Nc3ccc(OC(F)(F)Cl)cc3)cc(-c3ccn[nH]3)c21. The highest BCUT2D eigenvalue weighted by Crippen LogP contribution is 2.35. The summed E-state index contributed by atoms with van der Waals surface area (Å²) in [5.41, 5.74) is -2.58. The number of hydrogen-bond donors (Lipinski definition) is 2. The van der Waals surface area contributed by atoms with E-state index in [1.807, 2.05) is 0 Å². The van der Waals surface area contributed by atoms with Crippen LogP contribution in [0.1, 0.15) is 35.6 Å². The third-order valence-electron chi connectivity index (χ3n) is 5.07. The number of carbonyl (C=O) groups is 1. The summed E-state index contributed by atoms with van der Waals surface area (Å²) in [6, 6.07) is 8.37. The molecule has 0 saturated carbocycles. The number of hydrogen-bond acceptors (Lipinski definition) is 4. The lowest BCUT2D eigenvalue weighted by molar-refractivity contribution is -0.0964. The van der Waals surface area contributed by atoms with Gasteiger partial charge in [-0.05, 0) is 49.4 Å². The lowest BCUT2D eigenvalue weighted by Crippen LogP contribution is -2.16. The molecular formula is C22H17ClF5N5O2. The van der Waals surface area contributed by atoms with Gasteiger partial charge >= 0.3 is 5.57 Å². The molecule has 0 saturated heterocycles. The Hall–Kier alpha value is -3.67. The van der Waals surface area contributed by atoms with Crippen LogP contribution in [0.2, 0.25) is 0 Å². The summed E-state index contributed by atoms with van der Waals surface area (Å²) in [5.74, 6) is -1.48. The molecule has 13 heteroatoms. The Morgan fingerprint density at radius 1 is 1.23 bits per heavy atom. The number of rotatable bonds is 8. The van der Waals surface area contributed by atoms with Crippen molar-refractivity contribution in [2.45, 2.75) is 25.0 Å². The van der Waals surface area contributed by atoms with E-state index in [2.05, 4.69) is 25.2 Å². The third kappa shape index (κ3) is 5.21. The summed E-state index contributed by atoms with van der Waals surface area (Å²) in [6.45, 7) is 0.531. The first-order valence-corrected chi connectivity index (χ1v) is 10.5. The molecule has 0 radical (unpaired) electrons. The highest BCUT2D eigenvalue weighted by molar-refractivity contribution is 6.20. The van der Waals surface area contributed by atoms with Crippen LogP contribution >= 0.6 is 11.6 Å². The molecule has 0 bridgehead atoms. The molecule has 1 unspecified atom stereocenters. The Labute approximate surface area is 199 Å². The first kappa shape index (κ1) is 24.5. The Morgan fingerprint density at radius 2 is 1.94 bits per heavy atom. The van der Waals surface area contributed by atoms with Gasteiger partial charge in [-0.1, -0.05) is 0 Å². The highest BCUT2D eigenvalue weighted by Gasteiger charge is 2.28. The molecule has 1 amide bonds. The van der Waals surface area contributed by atoms with Gasteiger partial charge in [0.1, 0.15) is 12.4 Å². The van der Waals surface area contributed by atoms with Crippen LogP contribution in [0.4, 0.5) is 27.6 Å². The zero-order chi connectivity index (χ0) is 25.3. The number of imidazole rings is 1. The van der Waals surface area contributed by atoms with Crippen LogP contribution in [-0.4, -0.2) is 37.9 Å². The van der Waals surface area contributed by atoms with Crippen molar-refractivity contribution < 1.29 is 31.5 Å². The predicted octanol–water partition coefficient (Wildman–Crippen LogP) is 6.31. The highest BCUT2D eigenvalue weighted by atomic mass is 35.5. The number of aromatic nitrogens is 4. The fourth-order valence-electron chi connectivity index (χ4n) is 3.60. The van der Waals surface area contributed by atoms with Gasteiger partial charge < -0.3 is 14.6 Å². The van der Waals surface area contributed by atoms with E-state index in [0.717, 1.165) is 4.57 Å². The molecule has 35 heavy (non-hydrogen) atoms. The van der Waals surface area contributed by atoms with Gasteiger partial charge in [0, 0.05) is 34.6 Å². The molecule has 2 heterocycles. The molecule has 2 aromatic carbocycles. The average Bonchev–Trinajstić information content (AvgIpc) is 3.46. The van der Waals surface area contributed by atoms with E-state index in [1.54, 1.807) is 6.07 Å². The van der Waals surface area contributed by atoms with E-state index in [-0.39, 0.29) is 28.0 Å². The van der Waals surface area contributed by atoms with Crippen LogP contribution in [-0.2, 0) is 0 Å². The van der Waals surface area contributed by atoms with Crippen LogP contribution < -0.4 is 10.1 Å². The van der Waals surface area contributed by atoms with Crippen LogP contribution in [0.5, 0.6) is 5.75 Å². The van der Waals surface area contributed by atoms with Crippen LogP contribution in [0, 0.1) is 0 Å². The van der Waals surface area contributed by atoms with Gasteiger partial charge in [-0.25, -0.2) is 18.2 Å². The molecule has 2 N–H and O–H groups in total. The number of carbonyl (C=O) groups excluding carboxylic acids is 1. The minimum absolute atomic E-state index is 0.0611. The minimum Gasteiger partial charge on any atom is -0.420 e. The number of amides is 1. The number of benzene rings is 2. The Morgan fingerprint density at radius 3 is 2.51 bits per heavy atom. The summed E-state index contributed by atoms with van der Waals surface area (Å²) >= 11 is 4.73. The number of ether oxygens (including phenoxy) is 1. The van der Waals surface area contributed by atoms with Crippen molar-refractivity contribution in [3.05, 3.63) is 60.0 Å². The topological polar surface area (TPSA) is 84.8 Å². The average molecular weight is 514 g/mol. The Balaban J connectivity index is 1.75. The van der Waals surface area contributed by atoms with Gasteiger partial charge in [-0.3, -0.25) is 9.89 Å². The van der Waals surface area contributed by atoms with E-state index in [4.69, 9.17) is 11.6 Å². The van der Waals surface area contributed by atoms with Crippen molar-refractivity contribution in [2.75, 3.05) is 12.0 Å². The van der Waals surface area contributed by atoms with Crippen molar-refractivity contribution in [3.63, 3.8) is 0 Å². The number of H-pyrrole nitrogens is 1. The van der Waals surface area contributed by atoms with E-state index in [1.165, 1.54) is 49.5 Å². The van der Waals surface area contributed by atoms with E-state index in [0.29, 0.717) is 11.3 Å². The van der Waals surface area contributed by atoms with Crippen LogP contribution in [0.15, 0.2) is 48.7 Å². The quantitative estimate of drug-likeness (QED) is 0.213. The molecule has 0 aliphatic rings. The molecule has 7 nitrogen and oxygen atoms in total. The maximum Gasteiger partial charge on any atom is 0.487 e. The van der Waals surface area contributed by atoms with Gasteiger partial charge in [-0.2, -0.15) is 5.10 Å². The predicted molar refractivity (Wildman–Crippen MR) is 119 cm³/mol. The van der Waals surface area contributed by atoms with Gasteiger partial charge in [0.2, 0.25) is 0 Å². The molecule has 0 fully saturated rings. The second-order valence-corrected chi connectivity index (χ2v) is 7.97. The number of aromatic amines is 1. The molecule has 184 valence electrons. The fourth-order valence-corrected chi connectivity index (χ4v) is 3.69. The lowest BCUT2D eigenvalue weighted by atomic mass is 10.0.